The first-order valence-corrected chi connectivity index (χ1v) is 19.4. The highest BCUT2D eigenvalue weighted by atomic mass is 35.5. The number of anilines is 1. The molecule has 0 aliphatic carbocycles. The number of aromatic amines is 1. The summed E-state index contributed by atoms with van der Waals surface area (Å²) in [5.41, 5.74) is 6.40. The molecule has 7 heterocycles. The maximum absolute atomic E-state index is 14.3. The smallest absolute Gasteiger partial charge is 0.408 e. The number of H-pyrrole nitrogens is 1. The van der Waals surface area contributed by atoms with Gasteiger partial charge in [-0.15, -0.1) is 0 Å². The lowest BCUT2D eigenvalue weighted by Crippen LogP contribution is -2.49. The summed E-state index contributed by atoms with van der Waals surface area (Å²) in [6.07, 6.45) is -1.27. The molecule has 0 saturated heterocycles. The summed E-state index contributed by atoms with van der Waals surface area (Å²) in [7, 11) is 0. The third kappa shape index (κ3) is 4.93. The van der Waals surface area contributed by atoms with E-state index >= 15 is 0 Å². The monoisotopic (exact) mass is 798 g/mol. The van der Waals surface area contributed by atoms with E-state index in [0.29, 0.717) is 22.2 Å². The Balaban J connectivity index is 1.15. The minimum atomic E-state index is -1.14. The number of carbonyl (C=O) groups is 2. The van der Waals surface area contributed by atoms with E-state index < -0.39 is 35.7 Å². The van der Waals surface area contributed by atoms with Gasteiger partial charge in [-0.2, -0.15) is 4.98 Å². The fourth-order valence-electron chi connectivity index (χ4n) is 8.84. The van der Waals surface area contributed by atoms with Crippen LogP contribution in [0.2, 0.25) is 10.3 Å². The van der Waals surface area contributed by atoms with E-state index in [1.807, 2.05) is 86.6 Å². The van der Waals surface area contributed by atoms with Crippen molar-refractivity contribution in [1.82, 2.24) is 25.6 Å². The summed E-state index contributed by atoms with van der Waals surface area (Å²) in [6.45, 7) is 3.95. The van der Waals surface area contributed by atoms with Crippen molar-refractivity contribution in [2.45, 2.75) is 50.6 Å². The molecule has 4 aliphatic heterocycles. The third-order valence-electron chi connectivity index (χ3n) is 11.5. The van der Waals surface area contributed by atoms with Gasteiger partial charge in [0.2, 0.25) is 11.8 Å². The number of hydrogen-bond acceptors (Lipinski definition) is 9. The van der Waals surface area contributed by atoms with Crippen molar-refractivity contribution in [3.63, 3.8) is 0 Å². The predicted molar refractivity (Wildman–Crippen MR) is 212 cm³/mol. The van der Waals surface area contributed by atoms with Crippen LogP contribution in [0.4, 0.5) is 10.5 Å². The molecule has 4 aliphatic rings. The van der Waals surface area contributed by atoms with Crippen LogP contribution < -0.4 is 20.7 Å². The topological polar surface area (TPSA) is 157 Å². The van der Waals surface area contributed by atoms with Crippen LogP contribution in [0, 0.1) is 5.92 Å². The molecular formula is C43H32Cl2N6O6. The highest BCUT2D eigenvalue weighted by Crippen LogP contribution is 2.61. The normalized spacial score (nSPS) is 20.9. The van der Waals surface area contributed by atoms with Gasteiger partial charge in [-0.1, -0.05) is 116 Å². The van der Waals surface area contributed by atoms with Gasteiger partial charge in [-0.05, 0) is 23.1 Å². The first-order chi connectivity index (χ1) is 27.7. The van der Waals surface area contributed by atoms with Gasteiger partial charge in [-0.3, -0.25) is 4.79 Å². The number of hydrogen-bond donors (Lipinski definition) is 4. The molecule has 14 bridgehead atoms. The first kappa shape index (κ1) is 34.0. The van der Waals surface area contributed by atoms with Crippen molar-refractivity contribution in [3.8, 4) is 39.8 Å². The van der Waals surface area contributed by atoms with Crippen LogP contribution in [0.15, 0.2) is 93.8 Å². The zero-order valence-electron chi connectivity index (χ0n) is 30.4. The second-order valence-electron chi connectivity index (χ2n) is 15.1. The molecule has 1 spiro atoms. The number of amides is 2. The van der Waals surface area contributed by atoms with Crippen molar-refractivity contribution in [1.29, 1.82) is 0 Å². The Bertz CT molecular complexity index is 2830. The number of rotatable bonds is 4. The van der Waals surface area contributed by atoms with Crippen molar-refractivity contribution in [3.05, 3.63) is 129 Å². The highest BCUT2D eigenvalue weighted by molar-refractivity contribution is 6.37. The maximum Gasteiger partial charge on any atom is 0.408 e. The number of fused-ring (bicyclic) bond motifs is 7. The van der Waals surface area contributed by atoms with Crippen LogP contribution in [0.25, 0.3) is 44.9 Å². The van der Waals surface area contributed by atoms with Gasteiger partial charge in [0.15, 0.2) is 28.6 Å². The molecule has 57 heavy (non-hydrogen) atoms. The molecule has 7 aromatic rings. The van der Waals surface area contributed by atoms with E-state index in [1.54, 1.807) is 0 Å². The molecule has 0 fully saturated rings. The average Bonchev–Trinajstić information content (AvgIpc) is 4.01. The van der Waals surface area contributed by atoms with Crippen LogP contribution >= 0.6 is 23.2 Å². The van der Waals surface area contributed by atoms with Crippen molar-refractivity contribution >= 4 is 51.8 Å². The quantitative estimate of drug-likeness (QED) is 0.137. The molecule has 1 unspecified atom stereocenters. The van der Waals surface area contributed by atoms with Gasteiger partial charge >= 0.3 is 6.09 Å². The van der Waals surface area contributed by atoms with E-state index in [-0.39, 0.29) is 47.3 Å². The van der Waals surface area contributed by atoms with E-state index in [1.165, 1.54) is 0 Å². The zero-order chi connectivity index (χ0) is 38.7. The number of nitrogens with one attached hydrogen (secondary N) is 4. The number of aromatic nitrogens is 3. The SMILES string of the molecule is CC(C)[C@@H]1NC(=O)[C@@H](NC(=O)OCc2ccccc2)Cc2ccc3c(c2)[C@]24c5cccc(c5NC2O3)-c2cccc3c(c(Cl)[nH]c23)-c2oc(nc2Cl)-c2nc1oc24. The third-order valence-corrected chi connectivity index (χ3v) is 12.0. The Labute approximate surface area is 334 Å². The van der Waals surface area contributed by atoms with Gasteiger partial charge in [0.05, 0.1) is 11.1 Å². The molecule has 4 atom stereocenters. The Morgan fingerprint density at radius 3 is 2.63 bits per heavy atom. The van der Waals surface area contributed by atoms with Gasteiger partial charge in [0.1, 0.15) is 35.0 Å². The van der Waals surface area contributed by atoms with Crippen LogP contribution in [0.3, 0.4) is 0 Å². The van der Waals surface area contributed by atoms with Crippen molar-refractivity contribution in [2.24, 2.45) is 5.92 Å². The number of halogens is 2. The minimum Gasteiger partial charge on any atom is -0.469 e. The molecule has 11 rings (SSSR count). The van der Waals surface area contributed by atoms with Crippen LogP contribution in [0.1, 0.15) is 53.8 Å². The van der Waals surface area contributed by atoms with Crippen LogP contribution in [-0.2, 0) is 28.0 Å². The highest BCUT2D eigenvalue weighted by Gasteiger charge is 2.61. The van der Waals surface area contributed by atoms with Crippen LogP contribution in [0.5, 0.6) is 5.75 Å². The molecule has 4 N–H and O–H groups in total. The molecule has 4 aromatic carbocycles. The number of nitrogens with zero attached hydrogens (tertiary/aromatic N) is 2. The standard InChI is InChI=1S/C43H32Cl2N6O6/c1-19(2)30-39-49-33-35(57-39)43-25-13-7-11-23(22-10-6-12-24-29(36(44)47-31(22)24)34-37(45)51-40(33)56-34)32(25)50-41(43)55-28-15-14-21(16-26(28)43)17-27(38(52)48-30)46-42(53)54-18-20-8-4-3-5-9-20/h3-16,19,27,30,41,47,50H,17-18H2,1-2H3,(H,46,53)(H,48,52)/t27-,30-,41?,43-/m0/s1. The lowest BCUT2D eigenvalue weighted by Gasteiger charge is -2.28. The van der Waals surface area contributed by atoms with Gasteiger partial charge in [-0.25, -0.2) is 9.78 Å². The molecule has 0 radical (unpaired) electrons. The largest absolute Gasteiger partial charge is 0.469 e. The second kappa shape index (κ2) is 12.4. The second-order valence-corrected chi connectivity index (χ2v) is 15.8. The van der Waals surface area contributed by atoms with E-state index in [9.17, 15) is 9.59 Å². The van der Waals surface area contributed by atoms with Crippen molar-refractivity contribution < 1.29 is 27.9 Å². The maximum atomic E-state index is 14.3. The number of para-hydroxylation sites is 2. The molecule has 3 aromatic heterocycles. The Morgan fingerprint density at radius 1 is 0.965 bits per heavy atom. The summed E-state index contributed by atoms with van der Waals surface area (Å²) in [5, 5.41) is 10.9. The van der Waals surface area contributed by atoms with Gasteiger partial charge in [0.25, 0.3) is 5.89 Å². The summed E-state index contributed by atoms with van der Waals surface area (Å²) in [5.74, 6) is 0.957. The van der Waals surface area contributed by atoms with Gasteiger partial charge in [0, 0.05) is 39.7 Å². The fraction of sp³-hybridized carbons (Fsp3) is 0.209. The summed E-state index contributed by atoms with van der Waals surface area (Å²) < 4.78 is 26.0. The van der Waals surface area contributed by atoms with E-state index in [4.69, 9.17) is 51.5 Å². The lowest BCUT2D eigenvalue weighted by atomic mass is 9.72. The molecule has 2 amide bonds. The predicted octanol–water partition coefficient (Wildman–Crippen LogP) is 8.91. The number of oxazole rings is 2. The first-order valence-electron chi connectivity index (χ1n) is 18.7. The zero-order valence-corrected chi connectivity index (χ0v) is 31.9. The molecule has 14 heteroatoms. The molecular weight excluding hydrogens is 767 g/mol. The lowest BCUT2D eigenvalue weighted by molar-refractivity contribution is -0.124. The summed E-state index contributed by atoms with van der Waals surface area (Å²) in [6, 6.07) is 25.5. The van der Waals surface area contributed by atoms with Crippen molar-refractivity contribution in [2.75, 3.05) is 5.32 Å². The molecule has 0 saturated carbocycles. The Kier molecular flexibility index (Phi) is 7.39. The Hall–Kier alpha value is -6.24. The molecule has 284 valence electrons. The summed E-state index contributed by atoms with van der Waals surface area (Å²) >= 11 is 13.9. The minimum absolute atomic E-state index is 0.0455. The average molecular weight is 800 g/mol. The molecule has 12 nitrogen and oxygen atoms in total. The van der Waals surface area contributed by atoms with E-state index in [2.05, 4.69) is 33.1 Å². The fourth-order valence-corrected chi connectivity index (χ4v) is 9.33. The number of ether oxygens (including phenoxy) is 2. The Morgan fingerprint density at radius 2 is 1.79 bits per heavy atom. The number of carbonyl (C=O) groups excluding carboxylic acids is 2. The van der Waals surface area contributed by atoms with E-state index in [0.717, 1.165) is 50.0 Å². The summed E-state index contributed by atoms with van der Waals surface area (Å²) in [4.78, 5) is 40.8. The number of benzene rings is 4. The van der Waals surface area contributed by atoms with Gasteiger partial charge < -0.3 is 39.2 Å². The number of alkyl carbamates (subject to hydrolysis) is 1. The van der Waals surface area contributed by atoms with Crippen LogP contribution in [-0.4, -0.2) is 39.2 Å².